The Balaban J connectivity index is 2.11. The quantitative estimate of drug-likeness (QED) is 0.836. The molecule has 0 aromatic heterocycles. The van der Waals surface area contributed by atoms with Gasteiger partial charge in [0.1, 0.15) is 5.82 Å². The Morgan fingerprint density at radius 1 is 1.27 bits per heavy atom. The second-order valence-electron chi connectivity index (χ2n) is 5.25. The standard InChI is InChI=1S/C15H18FNO5/c1-7(17-14(18)9-4-10(9)15(19)20)8-5-12(21-2)13(22-3)6-11(8)16/h5-7,9-10H,4H2,1-3H3,(H,17,18)(H,19,20)/t7-,9+,10+/m0/s1. The molecule has 0 aliphatic heterocycles. The Bertz CT molecular complexity index is 604. The van der Waals surface area contributed by atoms with Crippen molar-refractivity contribution in [1.82, 2.24) is 5.32 Å². The van der Waals surface area contributed by atoms with Crippen molar-refractivity contribution in [1.29, 1.82) is 0 Å². The largest absolute Gasteiger partial charge is 0.493 e. The van der Waals surface area contributed by atoms with Crippen molar-refractivity contribution in [2.45, 2.75) is 19.4 Å². The number of carboxylic acid groups (broad SMARTS) is 1. The molecule has 1 aromatic rings. The van der Waals surface area contributed by atoms with Crippen molar-refractivity contribution in [3.05, 3.63) is 23.5 Å². The smallest absolute Gasteiger partial charge is 0.307 e. The lowest BCUT2D eigenvalue weighted by atomic mass is 10.1. The van der Waals surface area contributed by atoms with Crippen LogP contribution in [-0.4, -0.2) is 31.2 Å². The highest BCUT2D eigenvalue weighted by Crippen LogP contribution is 2.39. The molecule has 1 saturated carbocycles. The Morgan fingerprint density at radius 3 is 2.36 bits per heavy atom. The van der Waals surface area contributed by atoms with Gasteiger partial charge in [0.05, 0.1) is 32.1 Å². The zero-order chi connectivity index (χ0) is 16.4. The summed E-state index contributed by atoms with van der Waals surface area (Å²) in [6, 6.07) is 2.04. The van der Waals surface area contributed by atoms with Crippen LogP contribution in [0.25, 0.3) is 0 Å². The van der Waals surface area contributed by atoms with Crippen molar-refractivity contribution in [3.63, 3.8) is 0 Å². The van der Waals surface area contributed by atoms with Gasteiger partial charge in [-0.05, 0) is 19.4 Å². The highest BCUT2D eigenvalue weighted by Gasteiger charge is 2.48. The summed E-state index contributed by atoms with van der Waals surface area (Å²) in [5.41, 5.74) is 0.249. The minimum atomic E-state index is -0.981. The van der Waals surface area contributed by atoms with E-state index in [9.17, 15) is 14.0 Å². The Kier molecular flexibility index (Phi) is 4.54. The minimum Gasteiger partial charge on any atom is -0.493 e. The zero-order valence-electron chi connectivity index (χ0n) is 12.6. The van der Waals surface area contributed by atoms with Gasteiger partial charge in [-0.2, -0.15) is 0 Å². The molecule has 2 N–H and O–H groups in total. The fraction of sp³-hybridized carbons (Fsp3) is 0.467. The molecule has 1 aromatic carbocycles. The molecule has 22 heavy (non-hydrogen) atoms. The second kappa shape index (κ2) is 6.21. The van der Waals surface area contributed by atoms with E-state index in [-0.39, 0.29) is 17.2 Å². The van der Waals surface area contributed by atoms with Gasteiger partial charge in [-0.1, -0.05) is 0 Å². The number of methoxy groups -OCH3 is 2. The van der Waals surface area contributed by atoms with Crippen LogP contribution < -0.4 is 14.8 Å². The monoisotopic (exact) mass is 311 g/mol. The molecule has 0 saturated heterocycles. The summed E-state index contributed by atoms with van der Waals surface area (Å²) in [7, 11) is 2.84. The van der Waals surface area contributed by atoms with E-state index in [1.807, 2.05) is 0 Å². The van der Waals surface area contributed by atoms with Crippen molar-refractivity contribution >= 4 is 11.9 Å². The first kappa shape index (κ1) is 16.1. The number of hydrogen-bond donors (Lipinski definition) is 2. The molecule has 0 bridgehead atoms. The van der Waals surface area contributed by atoms with Crippen LogP contribution in [0.3, 0.4) is 0 Å². The molecule has 0 radical (unpaired) electrons. The summed E-state index contributed by atoms with van der Waals surface area (Å²) in [6.07, 6.45) is 0.322. The summed E-state index contributed by atoms with van der Waals surface area (Å²) in [4.78, 5) is 22.7. The van der Waals surface area contributed by atoms with Gasteiger partial charge in [0.25, 0.3) is 0 Å². The number of aliphatic carboxylic acids is 1. The van der Waals surface area contributed by atoms with E-state index < -0.39 is 29.7 Å². The van der Waals surface area contributed by atoms with Gasteiger partial charge in [-0.3, -0.25) is 9.59 Å². The summed E-state index contributed by atoms with van der Waals surface area (Å²) in [5.74, 6) is -2.45. The molecule has 0 unspecified atom stereocenters. The molecular formula is C15H18FNO5. The Hall–Kier alpha value is -2.31. The lowest BCUT2D eigenvalue weighted by Gasteiger charge is -2.17. The van der Waals surface area contributed by atoms with E-state index in [4.69, 9.17) is 14.6 Å². The van der Waals surface area contributed by atoms with Gasteiger partial charge in [0.15, 0.2) is 11.5 Å². The molecule has 1 aliphatic rings. The summed E-state index contributed by atoms with van der Waals surface area (Å²) in [5, 5.41) is 11.5. The predicted molar refractivity (Wildman–Crippen MR) is 75.3 cm³/mol. The average molecular weight is 311 g/mol. The molecule has 7 heteroatoms. The summed E-state index contributed by atoms with van der Waals surface area (Å²) < 4.78 is 24.2. The lowest BCUT2D eigenvalue weighted by molar-refractivity contribution is -0.140. The van der Waals surface area contributed by atoms with Crippen molar-refractivity contribution in [2.75, 3.05) is 14.2 Å². The first-order chi connectivity index (χ1) is 10.4. The molecule has 120 valence electrons. The number of carbonyl (C=O) groups excluding carboxylic acids is 1. The normalized spacial score (nSPS) is 20.9. The number of nitrogens with one attached hydrogen (secondary N) is 1. The first-order valence-corrected chi connectivity index (χ1v) is 6.83. The van der Waals surface area contributed by atoms with Gasteiger partial charge in [0, 0.05) is 11.6 Å². The molecule has 2 rings (SSSR count). The van der Waals surface area contributed by atoms with Crippen molar-refractivity contribution in [3.8, 4) is 11.5 Å². The highest BCUT2D eigenvalue weighted by molar-refractivity contribution is 5.89. The molecule has 3 atom stereocenters. The van der Waals surface area contributed by atoms with Gasteiger partial charge in [0.2, 0.25) is 5.91 Å². The molecular weight excluding hydrogens is 293 g/mol. The average Bonchev–Trinajstić information content (AvgIpc) is 3.27. The second-order valence-corrected chi connectivity index (χ2v) is 5.25. The summed E-state index contributed by atoms with van der Waals surface area (Å²) in [6.45, 7) is 1.63. The van der Waals surface area contributed by atoms with E-state index in [0.29, 0.717) is 12.2 Å². The number of halogens is 1. The van der Waals surface area contributed by atoms with Gasteiger partial charge in [-0.25, -0.2) is 4.39 Å². The third-order valence-corrected chi connectivity index (χ3v) is 3.77. The molecule has 0 heterocycles. The molecule has 1 amide bonds. The Morgan fingerprint density at radius 2 is 1.86 bits per heavy atom. The van der Waals surface area contributed by atoms with E-state index in [1.165, 1.54) is 26.4 Å². The summed E-state index contributed by atoms with van der Waals surface area (Å²) >= 11 is 0. The van der Waals surface area contributed by atoms with Gasteiger partial charge < -0.3 is 19.9 Å². The Labute approximate surface area is 127 Å². The number of carboxylic acids is 1. The van der Waals surface area contributed by atoms with Gasteiger partial charge >= 0.3 is 5.97 Å². The van der Waals surface area contributed by atoms with Crippen LogP contribution in [0.15, 0.2) is 12.1 Å². The first-order valence-electron chi connectivity index (χ1n) is 6.83. The number of benzene rings is 1. The number of rotatable bonds is 6. The number of hydrogen-bond acceptors (Lipinski definition) is 4. The number of amides is 1. The van der Waals surface area contributed by atoms with Crippen LogP contribution in [0.1, 0.15) is 24.9 Å². The maximum Gasteiger partial charge on any atom is 0.307 e. The van der Waals surface area contributed by atoms with Crippen LogP contribution in [0, 0.1) is 17.7 Å². The molecule has 1 fully saturated rings. The highest BCUT2D eigenvalue weighted by atomic mass is 19.1. The van der Waals surface area contributed by atoms with Crippen LogP contribution in [-0.2, 0) is 9.59 Å². The van der Waals surface area contributed by atoms with E-state index in [1.54, 1.807) is 6.92 Å². The van der Waals surface area contributed by atoms with Crippen molar-refractivity contribution in [2.24, 2.45) is 11.8 Å². The fourth-order valence-corrected chi connectivity index (χ4v) is 2.36. The third-order valence-electron chi connectivity index (χ3n) is 3.77. The van der Waals surface area contributed by atoms with Gasteiger partial charge in [-0.15, -0.1) is 0 Å². The number of carbonyl (C=O) groups is 2. The SMILES string of the molecule is COc1cc(F)c([C@H](C)NC(=O)[C@@H]2C[C@H]2C(=O)O)cc1OC. The van der Waals surface area contributed by atoms with Crippen molar-refractivity contribution < 1.29 is 28.6 Å². The zero-order valence-corrected chi connectivity index (χ0v) is 12.6. The maximum absolute atomic E-state index is 14.1. The van der Waals surface area contributed by atoms with Crippen LogP contribution >= 0.6 is 0 Å². The van der Waals surface area contributed by atoms with E-state index in [0.717, 1.165) is 0 Å². The fourth-order valence-electron chi connectivity index (χ4n) is 2.36. The molecule has 0 spiro atoms. The maximum atomic E-state index is 14.1. The predicted octanol–water partition coefficient (Wildman–Crippen LogP) is 1.74. The lowest BCUT2D eigenvalue weighted by Crippen LogP contribution is -2.29. The minimum absolute atomic E-state index is 0.249. The van der Waals surface area contributed by atoms with Crippen LogP contribution in [0.5, 0.6) is 11.5 Å². The van der Waals surface area contributed by atoms with Crippen LogP contribution in [0.4, 0.5) is 4.39 Å². The molecule has 6 nitrogen and oxygen atoms in total. The van der Waals surface area contributed by atoms with Crippen LogP contribution in [0.2, 0.25) is 0 Å². The third kappa shape index (κ3) is 3.13. The van der Waals surface area contributed by atoms with E-state index >= 15 is 0 Å². The van der Waals surface area contributed by atoms with E-state index in [2.05, 4.69) is 5.32 Å². The topological polar surface area (TPSA) is 84.9 Å². The molecule has 1 aliphatic carbocycles. The number of ether oxygens (including phenoxy) is 2.